The average molecular weight is 473 g/mol. The molecule has 0 amide bonds. The molecular formula is C20H32F4NO5P. The summed E-state index contributed by atoms with van der Waals surface area (Å²) in [4.78, 5) is 17.6. The third-order valence-electron chi connectivity index (χ3n) is 4.88. The number of aryl methyl sites for hydroxylation is 1. The molecule has 0 spiro atoms. The van der Waals surface area contributed by atoms with Crippen LogP contribution in [0.2, 0.25) is 0 Å². The van der Waals surface area contributed by atoms with E-state index in [1.54, 1.807) is 0 Å². The molecule has 1 rings (SSSR count). The fraction of sp³-hybridized carbons (Fsp3) is 0.700. The molecule has 0 aliphatic carbocycles. The molecule has 1 atom stereocenters. The average Bonchev–Trinajstić information content (AvgIpc) is 2.67. The predicted octanol–water partition coefficient (Wildman–Crippen LogP) is 5.15. The van der Waals surface area contributed by atoms with Gasteiger partial charge in [0.05, 0.1) is 25.5 Å². The molecule has 0 heterocycles. The Bertz CT molecular complexity index is 713. The number of halogens is 4. The van der Waals surface area contributed by atoms with Crippen molar-refractivity contribution in [2.24, 2.45) is 5.73 Å². The minimum Gasteiger partial charge on any atom is -0.493 e. The molecule has 11 heteroatoms. The van der Waals surface area contributed by atoms with Gasteiger partial charge < -0.3 is 20.3 Å². The highest BCUT2D eigenvalue weighted by atomic mass is 31.2. The number of benzene rings is 1. The van der Waals surface area contributed by atoms with Crippen LogP contribution < -0.4 is 10.5 Å². The summed E-state index contributed by atoms with van der Waals surface area (Å²) < 4.78 is 73.9. The molecule has 0 saturated carbocycles. The fourth-order valence-corrected chi connectivity index (χ4v) is 3.46. The Morgan fingerprint density at radius 2 is 1.77 bits per heavy atom. The van der Waals surface area contributed by atoms with Gasteiger partial charge in [0.1, 0.15) is 5.75 Å². The zero-order valence-electron chi connectivity index (χ0n) is 17.7. The van der Waals surface area contributed by atoms with Crippen LogP contribution >= 0.6 is 7.82 Å². The van der Waals surface area contributed by atoms with Gasteiger partial charge in [-0.05, 0) is 43.4 Å². The minimum absolute atomic E-state index is 0.0220. The Morgan fingerprint density at radius 1 is 1.10 bits per heavy atom. The number of phosphoric acid groups is 1. The molecule has 0 aromatic heterocycles. The topological polar surface area (TPSA) is 102 Å². The van der Waals surface area contributed by atoms with E-state index in [0.29, 0.717) is 12.0 Å². The van der Waals surface area contributed by atoms with Crippen molar-refractivity contribution in [3.63, 3.8) is 0 Å². The number of nitrogens with two attached hydrogens (primary N) is 1. The van der Waals surface area contributed by atoms with Crippen LogP contribution in [0.3, 0.4) is 0 Å². The van der Waals surface area contributed by atoms with Crippen molar-refractivity contribution in [1.29, 1.82) is 0 Å². The van der Waals surface area contributed by atoms with Gasteiger partial charge in [0.25, 0.3) is 0 Å². The first-order valence-corrected chi connectivity index (χ1v) is 11.8. The zero-order chi connectivity index (χ0) is 23.5. The summed E-state index contributed by atoms with van der Waals surface area (Å²) in [6, 6.07) is 3.69. The van der Waals surface area contributed by atoms with Crippen LogP contribution in [0.15, 0.2) is 18.2 Å². The summed E-state index contributed by atoms with van der Waals surface area (Å²) in [6.45, 7) is 0.783. The maximum Gasteiger partial charge on any atom is 0.469 e. The van der Waals surface area contributed by atoms with Crippen LogP contribution in [0.5, 0.6) is 5.75 Å². The second kappa shape index (κ2) is 12.7. The van der Waals surface area contributed by atoms with Crippen LogP contribution in [-0.4, -0.2) is 35.2 Å². The van der Waals surface area contributed by atoms with Gasteiger partial charge in [-0.1, -0.05) is 38.7 Å². The van der Waals surface area contributed by atoms with Crippen molar-refractivity contribution in [2.75, 3.05) is 19.9 Å². The second-order valence-corrected chi connectivity index (χ2v) is 8.90. The largest absolute Gasteiger partial charge is 0.493 e. The first-order chi connectivity index (χ1) is 14.4. The van der Waals surface area contributed by atoms with E-state index >= 15 is 0 Å². The molecule has 6 nitrogen and oxygen atoms in total. The lowest BCUT2D eigenvalue weighted by molar-refractivity contribution is -0.139. The molecule has 31 heavy (non-hydrogen) atoms. The lowest BCUT2D eigenvalue weighted by Gasteiger charge is -2.28. The van der Waals surface area contributed by atoms with Crippen LogP contribution in [-0.2, 0) is 21.7 Å². The first kappa shape index (κ1) is 27.8. The summed E-state index contributed by atoms with van der Waals surface area (Å²) >= 11 is 0. The van der Waals surface area contributed by atoms with Gasteiger partial charge in [-0.15, -0.1) is 0 Å². The van der Waals surface area contributed by atoms with Crippen molar-refractivity contribution in [3.8, 4) is 5.75 Å². The molecule has 1 aromatic carbocycles. The van der Waals surface area contributed by atoms with Gasteiger partial charge in [0, 0.05) is 5.54 Å². The highest BCUT2D eigenvalue weighted by Crippen LogP contribution is 2.39. The minimum atomic E-state index is -4.81. The Kier molecular flexibility index (Phi) is 11.4. The summed E-state index contributed by atoms with van der Waals surface area (Å²) in [5.74, 6) is -0.251. The second-order valence-electron chi connectivity index (χ2n) is 7.66. The first-order valence-electron chi connectivity index (χ1n) is 10.3. The van der Waals surface area contributed by atoms with Gasteiger partial charge in [0.2, 0.25) is 0 Å². The van der Waals surface area contributed by atoms with E-state index in [1.807, 2.05) is 0 Å². The quantitative estimate of drug-likeness (QED) is 0.185. The summed E-state index contributed by atoms with van der Waals surface area (Å²) in [5, 5.41) is 0. The number of alkyl halides is 4. The zero-order valence-corrected chi connectivity index (χ0v) is 18.6. The van der Waals surface area contributed by atoms with Crippen molar-refractivity contribution < 1.29 is 41.2 Å². The van der Waals surface area contributed by atoms with Crippen molar-refractivity contribution >= 4 is 7.82 Å². The SMILES string of the molecule is CCCCCCCOc1ccc(CCC(N)(CCF)COP(=O)(O)O)cc1C(F)(F)F. The lowest BCUT2D eigenvalue weighted by atomic mass is 9.90. The number of unbranched alkanes of at least 4 members (excludes halogenated alkanes) is 4. The Balaban J connectivity index is 2.82. The third kappa shape index (κ3) is 11.3. The summed E-state index contributed by atoms with van der Waals surface area (Å²) in [6.07, 6.45) is -0.138. The number of ether oxygens (including phenoxy) is 1. The normalized spacial score (nSPS) is 14.5. The lowest BCUT2D eigenvalue weighted by Crippen LogP contribution is -2.45. The predicted molar refractivity (Wildman–Crippen MR) is 110 cm³/mol. The molecule has 1 aromatic rings. The van der Waals surface area contributed by atoms with Gasteiger partial charge in [-0.3, -0.25) is 8.91 Å². The highest BCUT2D eigenvalue weighted by Gasteiger charge is 2.35. The van der Waals surface area contributed by atoms with Crippen LogP contribution in [0.1, 0.15) is 63.0 Å². The fourth-order valence-electron chi connectivity index (χ4n) is 3.03. The molecule has 1 unspecified atom stereocenters. The standard InChI is InChI=1S/C20H32F4NO5P/c1-2-3-4-5-6-13-29-18-8-7-16(14-17(18)20(22,23)24)9-10-19(25,11-12-21)15-30-31(26,27)28/h7-8,14H,2-6,9-13,15,25H2,1H3,(H2,26,27,28). The molecule has 4 N–H and O–H groups in total. The Labute approximate surface area is 180 Å². The molecule has 0 radical (unpaired) electrons. The number of rotatable bonds is 15. The molecular weight excluding hydrogens is 441 g/mol. The smallest absolute Gasteiger partial charge is 0.469 e. The van der Waals surface area contributed by atoms with Crippen LogP contribution in [0.4, 0.5) is 17.6 Å². The monoisotopic (exact) mass is 473 g/mol. The molecule has 0 aliphatic rings. The third-order valence-corrected chi connectivity index (χ3v) is 5.34. The molecule has 180 valence electrons. The van der Waals surface area contributed by atoms with Crippen molar-refractivity contribution in [3.05, 3.63) is 29.3 Å². The van der Waals surface area contributed by atoms with Crippen LogP contribution in [0.25, 0.3) is 0 Å². The van der Waals surface area contributed by atoms with Gasteiger partial charge >= 0.3 is 14.0 Å². The van der Waals surface area contributed by atoms with Crippen molar-refractivity contribution in [2.45, 2.75) is 70.0 Å². The molecule has 0 fully saturated rings. The number of hydrogen-bond acceptors (Lipinski definition) is 4. The van der Waals surface area contributed by atoms with E-state index in [9.17, 15) is 22.1 Å². The van der Waals surface area contributed by atoms with E-state index < -0.39 is 38.4 Å². The molecule has 0 saturated heterocycles. The molecule has 0 aliphatic heterocycles. The highest BCUT2D eigenvalue weighted by molar-refractivity contribution is 7.46. The Hall–Kier alpha value is -1.19. The maximum atomic E-state index is 13.5. The van der Waals surface area contributed by atoms with Crippen LogP contribution in [0, 0.1) is 0 Å². The summed E-state index contributed by atoms with van der Waals surface area (Å²) in [5.41, 5.74) is 3.94. The Morgan fingerprint density at radius 3 is 2.35 bits per heavy atom. The summed E-state index contributed by atoms with van der Waals surface area (Å²) in [7, 11) is -4.81. The van der Waals surface area contributed by atoms with E-state index in [-0.39, 0.29) is 31.6 Å². The van der Waals surface area contributed by atoms with Gasteiger partial charge in [-0.2, -0.15) is 13.2 Å². The maximum absolute atomic E-state index is 13.5. The van der Waals surface area contributed by atoms with E-state index in [4.69, 9.17) is 20.3 Å². The number of hydrogen-bond donors (Lipinski definition) is 3. The number of phosphoric ester groups is 1. The van der Waals surface area contributed by atoms with Gasteiger partial charge in [0.15, 0.2) is 0 Å². The van der Waals surface area contributed by atoms with E-state index in [2.05, 4.69) is 11.4 Å². The van der Waals surface area contributed by atoms with Crippen molar-refractivity contribution in [1.82, 2.24) is 0 Å². The van der Waals surface area contributed by atoms with E-state index in [1.165, 1.54) is 12.1 Å². The molecule has 0 bridgehead atoms. The van der Waals surface area contributed by atoms with Gasteiger partial charge in [-0.25, -0.2) is 4.57 Å². The van der Waals surface area contributed by atoms with E-state index in [0.717, 1.165) is 31.7 Å².